The van der Waals surface area contributed by atoms with Crippen LogP contribution >= 0.6 is 0 Å². The van der Waals surface area contributed by atoms with E-state index in [4.69, 9.17) is 5.73 Å². The molecule has 1 aliphatic heterocycles. The summed E-state index contributed by atoms with van der Waals surface area (Å²) in [5, 5.41) is 7.37. The van der Waals surface area contributed by atoms with Gasteiger partial charge in [-0.3, -0.25) is 5.43 Å². The molecule has 0 saturated carbocycles. The Kier molecular flexibility index (Phi) is 1.51. The molecule has 60 valence electrons. The molecule has 1 heterocycles. The van der Waals surface area contributed by atoms with Crippen molar-refractivity contribution in [2.24, 2.45) is 16.1 Å². The van der Waals surface area contributed by atoms with Crippen LogP contribution in [0.5, 0.6) is 0 Å². The van der Waals surface area contributed by atoms with Crippen molar-refractivity contribution < 1.29 is 0 Å². The van der Waals surface area contributed by atoms with Crippen LogP contribution < -0.4 is 11.2 Å². The molecule has 3 N–H and O–H groups in total. The van der Waals surface area contributed by atoms with Gasteiger partial charge in [-0.1, -0.05) is 23.4 Å². The Morgan fingerprint density at radius 3 is 3.00 bits per heavy atom. The molecule has 0 aromatic heterocycles. The summed E-state index contributed by atoms with van der Waals surface area (Å²) in [4.78, 5) is 0. The van der Waals surface area contributed by atoms with Gasteiger partial charge in [-0.25, -0.2) is 0 Å². The zero-order chi connectivity index (χ0) is 8.39. The topological polar surface area (TPSA) is 62.8 Å². The van der Waals surface area contributed by atoms with Crippen molar-refractivity contribution in [3.8, 4) is 0 Å². The maximum absolute atomic E-state index is 5.51. The second kappa shape index (κ2) is 2.65. The number of para-hydroxylation sites is 1. The Balaban J connectivity index is 2.54. The van der Waals surface area contributed by atoms with E-state index < -0.39 is 0 Å². The lowest BCUT2D eigenvalue weighted by Crippen LogP contribution is -1.89. The van der Waals surface area contributed by atoms with Crippen molar-refractivity contribution in [1.82, 2.24) is 0 Å². The lowest BCUT2D eigenvalue weighted by atomic mass is 10.2. The minimum atomic E-state index is 0.410. The lowest BCUT2D eigenvalue weighted by molar-refractivity contribution is 1.06. The van der Waals surface area contributed by atoms with Crippen LogP contribution in [0, 0.1) is 0 Å². The molecule has 0 spiro atoms. The number of nitrogens with zero attached hydrogens (tertiary/aromatic N) is 2. The number of rotatable bonds is 0. The Morgan fingerprint density at radius 2 is 2.08 bits per heavy atom. The molecule has 2 rings (SSSR count). The molecule has 1 aliphatic rings. The number of anilines is 1. The molecule has 0 atom stereocenters. The molecule has 1 aromatic carbocycles. The highest BCUT2D eigenvalue weighted by Crippen LogP contribution is 2.19. The maximum Gasteiger partial charge on any atom is 0.148 e. The maximum atomic E-state index is 5.51. The van der Waals surface area contributed by atoms with Gasteiger partial charge in [0, 0.05) is 5.56 Å². The number of nitrogens with one attached hydrogen (secondary N) is 1. The minimum absolute atomic E-state index is 0.410. The number of hydrogen-bond acceptors (Lipinski definition) is 4. The summed E-state index contributed by atoms with van der Waals surface area (Å²) >= 11 is 0. The van der Waals surface area contributed by atoms with E-state index in [1.807, 2.05) is 24.3 Å². The molecule has 0 unspecified atom stereocenters. The smallest absolute Gasteiger partial charge is 0.148 e. The fourth-order valence-corrected chi connectivity index (χ4v) is 1.05. The average molecular weight is 160 g/mol. The molecule has 0 aliphatic carbocycles. The van der Waals surface area contributed by atoms with Crippen molar-refractivity contribution in [3.63, 3.8) is 0 Å². The van der Waals surface area contributed by atoms with Crippen molar-refractivity contribution in [3.05, 3.63) is 35.6 Å². The third kappa shape index (κ3) is 1.14. The van der Waals surface area contributed by atoms with E-state index in [0.717, 1.165) is 11.3 Å². The summed E-state index contributed by atoms with van der Waals surface area (Å²) in [7, 11) is 0. The normalized spacial score (nSPS) is 14.2. The zero-order valence-corrected chi connectivity index (χ0v) is 6.36. The molecule has 0 bridgehead atoms. The van der Waals surface area contributed by atoms with E-state index in [1.54, 1.807) is 6.08 Å². The van der Waals surface area contributed by atoms with Gasteiger partial charge in [-0.2, -0.15) is 0 Å². The highest BCUT2D eigenvalue weighted by atomic mass is 15.4. The van der Waals surface area contributed by atoms with Gasteiger partial charge in [0.15, 0.2) is 0 Å². The molecule has 1 aromatic rings. The highest BCUT2D eigenvalue weighted by molar-refractivity contribution is 5.67. The minimum Gasteiger partial charge on any atom is -0.382 e. The van der Waals surface area contributed by atoms with Gasteiger partial charge in [0.2, 0.25) is 0 Å². The van der Waals surface area contributed by atoms with Gasteiger partial charge in [0.25, 0.3) is 0 Å². The molecule has 0 fully saturated rings. The van der Waals surface area contributed by atoms with Crippen LogP contribution in [0.4, 0.5) is 5.69 Å². The van der Waals surface area contributed by atoms with Crippen LogP contribution in [0.25, 0.3) is 6.08 Å². The van der Waals surface area contributed by atoms with Crippen LogP contribution in [0.3, 0.4) is 0 Å². The summed E-state index contributed by atoms with van der Waals surface area (Å²) in [5.41, 5.74) is 10.2. The predicted molar refractivity (Wildman–Crippen MR) is 47.1 cm³/mol. The van der Waals surface area contributed by atoms with E-state index in [0.29, 0.717) is 5.82 Å². The fraction of sp³-hybridized carbons (Fsp3) is 0. The lowest BCUT2D eigenvalue weighted by Gasteiger charge is -1.99. The molecular weight excluding hydrogens is 152 g/mol. The van der Waals surface area contributed by atoms with Crippen LogP contribution in [0.1, 0.15) is 5.56 Å². The van der Waals surface area contributed by atoms with E-state index in [9.17, 15) is 0 Å². The summed E-state index contributed by atoms with van der Waals surface area (Å²) in [6.45, 7) is 0. The number of benzene rings is 1. The second-order valence-corrected chi connectivity index (χ2v) is 2.47. The van der Waals surface area contributed by atoms with Gasteiger partial charge in [0.05, 0.1) is 5.69 Å². The third-order valence-corrected chi connectivity index (χ3v) is 1.60. The van der Waals surface area contributed by atoms with Gasteiger partial charge in [0.1, 0.15) is 5.82 Å². The van der Waals surface area contributed by atoms with E-state index in [2.05, 4.69) is 15.8 Å². The second-order valence-electron chi connectivity index (χ2n) is 2.47. The summed E-state index contributed by atoms with van der Waals surface area (Å²) < 4.78 is 0. The summed E-state index contributed by atoms with van der Waals surface area (Å²) in [5.74, 6) is 0.410. The molecule has 0 radical (unpaired) electrons. The quantitative estimate of drug-likeness (QED) is 0.607. The first-order valence-electron chi connectivity index (χ1n) is 3.59. The number of hydrogen-bond donors (Lipinski definition) is 2. The Bertz CT molecular complexity index is 354. The van der Waals surface area contributed by atoms with Gasteiger partial charge in [-0.15, -0.1) is 5.11 Å². The van der Waals surface area contributed by atoms with Crippen LogP contribution in [0.2, 0.25) is 0 Å². The summed E-state index contributed by atoms with van der Waals surface area (Å²) in [6.07, 6.45) is 1.78. The van der Waals surface area contributed by atoms with Crippen LogP contribution in [-0.2, 0) is 0 Å². The summed E-state index contributed by atoms with van der Waals surface area (Å²) in [6, 6.07) is 7.74. The molecule has 0 amide bonds. The molecular formula is C8H8N4. The monoisotopic (exact) mass is 160 g/mol. The Hall–Kier alpha value is -1.84. The van der Waals surface area contributed by atoms with Gasteiger partial charge < -0.3 is 5.73 Å². The van der Waals surface area contributed by atoms with Crippen molar-refractivity contribution in [2.45, 2.75) is 0 Å². The Labute approximate surface area is 69.8 Å². The van der Waals surface area contributed by atoms with E-state index in [-0.39, 0.29) is 0 Å². The molecule has 4 heteroatoms. The number of nitrogens with two attached hydrogens (primary N) is 1. The van der Waals surface area contributed by atoms with Crippen molar-refractivity contribution in [2.75, 3.05) is 5.43 Å². The Morgan fingerprint density at radius 1 is 1.25 bits per heavy atom. The van der Waals surface area contributed by atoms with E-state index in [1.165, 1.54) is 0 Å². The van der Waals surface area contributed by atoms with E-state index >= 15 is 0 Å². The van der Waals surface area contributed by atoms with Crippen LogP contribution in [-0.4, -0.2) is 0 Å². The first-order valence-corrected chi connectivity index (χ1v) is 3.59. The fourth-order valence-electron chi connectivity index (χ4n) is 1.05. The first-order chi connectivity index (χ1) is 5.86. The zero-order valence-electron chi connectivity index (χ0n) is 6.36. The number of fused-ring (bicyclic) bond motifs is 1. The van der Waals surface area contributed by atoms with Gasteiger partial charge in [-0.05, 0) is 12.1 Å². The van der Waals surface area contributed by atoms with Gasteiger partial charge >= 0.3 is 0 Å². The standard InChI is InChI=1S/C8H8N4/c9-8-5-6-3-1-2-4-7(6)10-12-11-8/h1-5H,9H2,(H,10,11). The largest absolute Gasteiger partial charge is 0.382 e. The molecule has 12 heavy (non-hydrogen) atoms. The highest BCUT2D eigenvalue weighted by Gasteiger charge is 2.01. The molecule has 0 saturated heterocycles. The first kappa shape index (κ1) is 6.84. The van der Waals surface area contributed by atoms with Crippen LogP contribution in [0.15, 0.2) is 40.4 Å². The third-order valence-electron chi connectivity index (χ3n) is 1.60. The SMILES string of the molecule is NC1=Cc2ccccc2NN=N1. The van der Waals surface area contributed by atoms with Crippen molar-refractivity contribution in [1.29, 1.82) is 0 Å². The average Bonchev–Trinajstić information content (AvgIpc) is 2.25. The van der Waals surface area contributed by atoms with Crippen molar-refractivity contribution >= 4 is 11.8 Å². The predicted octanol–water partition coefficient (Wildman–Crippen LogP) is 1.74. The molecule has 4 nitrogen and oxygen atoms in total.